The molecule has 0 spiro atoms. The van der Waals surface area contributed by atoms with Crippen molar-refractivity contribution in [2.75, 3.05) is 6.54 Å². The minimum absolute atomic E-state index is 0.689. The van der Waals surface area contributed by atoms with Crippen LogP contribution < -0.4 is 5.32 Å². The third-order valence-corrected chi connectivity index (χ3v) is 4.33. The van der Waals surface area contributed by atoms with Gasteiger partial charge in [0.15, 0.2) is 0 Å². The van der Waals surface area contributed by atoms with Crippen LogP contribution in [0.4, 0.5) is 0 Å². The molecule has 0 bridgehead atoms. The van der Waals surface area contributed by atoms with Gasteiger partial charge in [-0.1, -0.05) is 57.9 Å². The first-order chi connectivity index (χ1) is 9.22. The first-order valence-corrected chi connectivity index (χ1v) is 8.03. The predicted molar refractivity (Wildman–Crippen MR) is 83.7 cm³/mol. The van der Waals surface area contributed by atoms with Crippen LogP contribution in [0.5, 0.6) is 0 Å². The van der Waals surface area contributed by atoms with E-state index in [2.05, 4.69) is 50.4 Å². The van der Waals surface area contributed by atoms with Crippen molar-refractivity contribution in [3.8, 4) is 0 Å². The Kier molecular flexibility index (Phi) is 5.45. The Balaban J connectivity index is 1.91. The van der Waals surface area contributed by atoms with Crippen molar-refractivity contribution in [1.29, 1.82) is 0 Å². The molecule has 1 heteroatoms. The molecule has 1 N–H and O–H groups in total. The molecule has 0 aromatic heterocycles. The third kappa shape index (κ3) is 3.82. The van der Waals surface area contributed by atoms with Gasteiger partial charge in [0.05, 0.1) is 0 Å². The molecule has 1 aliphatic carbocycles. The molecule has 0 amide bonds. The molecule has 19 heavy (non-hydrogen) atoms. The fourth-order valence-electron chi connectivity index (χ4n) is 3.18. The normalized spacial score (nSPS) is 19.1. The van der Waals surface area contributed by atoms with Crippen LogP contribution in [0.1, 0.15) is 63.5 Å². The van der Waals surface area contributed by atoms with Crippen LogP contribution in [0.2, 0.25) is 0 Å². The summed E-state index contributed by atoms with van der Waals surface area (Å²) in [6.07, 6.45) is 6.56. The van der Waals surface area contributed by atoms with E-state index in [9.17, 15) is 0 Å². The fourth-order valence-corrected chi connectivity index (χ4v) is 3.18. The molecule has 2 atom stereocenters. The molecule has 1 nitrogen and oxygen atoms in total. The molecule has 106 valence electrons. The Morgan fingerprint density at radius 3 is 2.68 bits per heavy atom. The van der Waals surface area contributed by atoms with Gasteiger partial charge in [-0.15, -0.1) is 0 Å². The highest BCUT2D eigenvalue weighted by atomic mass is 14.9. The Bertz CT molecular complexity index is 383. The summed E-state index contributed by atoms with van der Waals surface area (Å²) in [5.74, 6) is 1.59. The van der Waals surface area contributed by atoms with Gasteiger partial charge in [0.1, 0.15) is 0 Å². The van der Waals surface area contributed by atoms with Crippen LogP contribution in [0.3, 0.4) is 0 Å². The first kappa shape index (κ1) is 14.6. The summed E-state index contributed by atoms with van der Waals surface area (Å²) in [4.78, 5) is 0. The van der Waals surface area contributed by atoms with E-state index in [1.807, 2.05) is 0 Å². The summed E-state index contributed by atoms with van der Waals surface area (Å²) in [6, 6.07) is 9.66. The highest BCUT2D eigenvalue weighted by molar-refractivity contribution is 5.41. The van der Waals surface area contributed by atoms with Crippen molar-refractivity contribution in [3.63, 3.8) is 0 Å². The summed E-state index contributed by atoms with van der Waals surface area (Å²) < 4.78 is 0. The second-order valence-electron chi connectivity index (χ2n) is 6.39. The van der Waals surface area contributed by atoms with Gasteiger partial charge in [0.25, 0.3) is 0 Å². The van der Waals surface area contributed by atoms with Crippen molar-refractivity contribution < 1.29 is 0 Å². The number of nitrogens with one attached hydrogen (secondary N) is 1. The van der Waals surface area contributed by atoms with Gasteiger partial charge in [-0.2, -0.15) is 0 Å². The molecule has 1 aromatic rings. The van der Waals surface area contributed by atoms with Gasteiger partial charge in [-0.25, -0.2) is 0 Å². The van der Waals surface area contributed by atoms with Crippen molar-refractivity contribution >= 4 is 0 Å². The van der Waals surface area contributed by atoms with Crippen LogP contribution >= 0.6 is 0 Å². The quantitative estimate of drug-likeness (QED) is 0.723. The fraction of sp³-hybridized carbons (Fsp3) is 0.667. The minimum atomic E-state index is 0.689. The standard InChI is InChI=1S/C18H29N/c1-4-12-19-18(11-7-8-14(2)3)17-13-15-9-5-6-10-16(15)17/h5-6,9-10,14,17-19H,4,7-8,11-13H2,1-3H3. The van der Waals surface area contributed by atoms with E-state index < -0.39 is 0 Å². The maximum absolute atomic E-state index is 3.79. The zero-order valence-electron chi connectivity index (χ0n) is 12.8. The molecule has 2 rings (SSSR count). The lowest BCUT2D eigenvalue weighted by atomic mass is 9.72. The van der Waals surface area contributed by atoms with E-state index in [-0.39, 0.29) is 0 Å². The molecule has 0 saturated heterocycles. The largest absolute Gasteiger partial charge is 0.313 e. The van der Waals surface area contributed by atoms with Crippen molar-refractivity contribution in [1.82, 2.24) is 5.32 Å². The van der Waals surface area contributed by atoms with Crippen LogP contribution in [-0.4, -0.2) is 12.6 Å². The molecule has 0 saturated carbocycles. The monoisotopic (exact) mass is 259 g/mol. The highest BCUT2D eigenvalue weighted by Crippen LogP contribution is 2.38. The van der Waals surface area contributed by atoms with E-state index in [0.717, 1.165) is 18.4 Å². The second-order valence-corrected chi connectivity index (χ2v) is 6.39. The van der Waals surface area contributed by atoms with E-state index in [1.165, 1.54) is 32.1 Å². The minimum Gasteiger partial charge on any atom is -0.313 e. The van der Waals surface area contributed by atoms with Gasteiger partial charge in [-0.05, 0) is 42.9 Å². The number of hydrogen-bond donors (Lipinski definition) is 1. The molecule has 0 fully saturated rings. The van der Waals surface area contributed by atoms with Crippen LogP contribution in [0.15, 0.2) is 24.3 Å². The van der Waals surface area contributed by atoms with Crippen molar-refractivity contribution in [2.45, 2.75) is 64.8 Å². The molecular formula is C18H29N. The smallest absolute Gasteiger partial charge is 0.0139 e. The maximum Gasteiger partial charge on any atom is 0.0139 e. The average molecular weight is 259 g/mol. The Morgan fingerprint density at radius 2 is 2.00 bits per heavy atom. The maximum atomic E-state index is 3.79. The van der Waals surface area contributed by atoms with E-state index in [1.54, 1.807) is 11.1 Å². The van der Waals surface area contributed by atoms with Crippen LogP contribution in [-0.2, 0) is 6.42 Å². The molecule has 0 radical (unpaired) electrons. The summed E-state index contributed by atoms with van der Waals surface area (Å²) in [6.45, 7) is 8.07. The summed E-state index contributed by atoms with van der Waals surface area (Å²) in [7, 11) is 0. The predicted octanol–water partition coefficient (Wildman–Crippen LogP) is 4.52. The number of benzene rings is 1. The number of hydrogen-bond acceptors (Lipinski definition) is 1. The van der Waals surface area contributed by atoms with E-state index >= 15 is 0 Å². The van der Waals surface area contributed by atoms with Gasteiger partial charge in [0.2, 0.25) is 0 Å². The summed E-state index contributed by atoms with van der Waals surface area (Å²) in [5, 5.41) is 3.79. The second kappa shape index (κ2) is 7.09. The SMILES string of the molecule is CCCNC(CCCC(C)C)C1Cc2ccccc21. The number of rotatable bonds is 8. The Hall–Kier alpha value is -0.820. The van der Waals surface area contributed by atoms with Gasteiger partial charge < -0.3 is 5.32 Å². The van der Waals surface area contributed by atoms with Crippen LogP contribution in [0.25, 0.3) is 0 Å². The summed E-state index contributed by atoms with van der Waals surface area (Å²) >= 11 is 0. The van der Waals surface area contributed by atoms with Gasteiger partial charge in [-0.3, -0.25) is 0 Å². The summed E-state index contributed by atoms with van der Waals surface area (Å²) in [5.41, 5.74) is 3.17. The zero-order chi connectivity index (χ0) is 13.7. The first-order valence-electron chi connectivity index (χ1n) is 8.03. The lowest BCUT2D eigenvalue weighted by molar-refractivity contribution is 0.360. The molecule has 1 aromatic carbocycles. The lowest BCUT2D eigenvalue weighted by Crippen LogP contribution is -2.40. The van der Waals surface area contributed by atoms with E-state index in [4.69, 9.17) is 0 Å². The highest BCUT2D eigenvalue weighted by Gasteiger charge is 2.31. The van der Waals surface area contributed by atoms with Gasteiger partial charge >= 0.3 is 0 Å². The van der Waals surface area contributed by atoms with Crippen molar-refractivity contribution in [3.05, 3.63) is 35.4 Å². The average Bonchev–Trinajstić information content (AvgIpc) is 2.36. The Morgan fingerprint density at radius 1 is 1.21 bits per heavy atom. The zero-order valence-corrected chi connectivity index (χ0v) is 12.8. The lowest BCUT2D eigenvalue weighted by Gasteiger charge is -2.37. The van der Waals surface area contributed by atoms with Gasteiger partial charge in [0, 0.05) is 12.0 Å². The van der Waals surface area contributed by atoms with Crippen LogP contribution in [0, 0.1) is 5.92 Å². The topological polar surface area (TPSA) is 12.0 Å². The third-order valence-electron chi connectivity index (χ3n) is 4.33. The molecule has 0 heterocycles. The molecule has 1 aliphatic rings. The van der Waals surface area contributed by atoms with Crippen molar-refractivity contribution in [2.24, 2.45) is 5.92 Å². The van der Waals surface area contributed by atoms with E-state index in [0.29, 0.717) is 6.04 Å². The number of fused-ring (bicyclic) bond motifs is 1. The molecule has 2 unspecified atom stereocenters. The molecular weight excluding hydrogens is 230 g/mol. The Labute approximate surface area is 118 Å². The molecule has 0 aliphatic heterocycles.